The summed E-state index contributed by atoms with van der Waals surface area (Å²) in [6.07, 6.45) is 3.40. The third kappa shape index (κ3) is 5.30. The Kier molecular flexibility index (Phi) is 6.56. The number of halogens is 2. The fourth-order valence-electron chi connectivity index (χ4n) is 4.29. The largest absolute Gasteiger partial charge is 0.490 e. The molecular formula is C25H27F2N3O5. The number of carbonyl (C=O) groups is 2. The van der Waals surface area contributed by atoms with Crippen molar-refractivity contribution in [2.45, 2.75) is 69.6 Å². The normalized spacial score (nSPS) is 20.4. The Labute approximate surface area is 201 Å². The van der Waals surface area contributed by atoms with E-state index in [1.165, 1.54) is 12.3 Å². The first-order chi connectivity index (χ1) is 16.5. The molecule has 2 heterocycles. The van der Waals surface area contributed by atoms with Crippen molar-refractivity contribution < 1.29 is 33.0 Å². The van der Waals surface area contributed by atoms with E-state index in [9.17, 15) is 23.5 Å². The maximum Gasteiger partial charge on any atom is 0.326 e. The standard InChI is InChI=1S/C25H27F2N3O5/c1-14(2)35-20-10-18-17(9-19(20)21(28)31)15(5-8-24(33)6-3-4-7-24)12-29-22(18)34-13-16-11-25(26,27)23(32)30-16/h9-10,12,14,16,33H,3-4,6-7,11,13H2,1-2H3,(H2,28,31)(H,30,32). The van der Waals surface area contributed by atoms with Crippen LogP contribution in [-0.4, -0.2) is 52.2 Å². The molecule has 0 radical (unpaired) electrons. The number of benzene rings is 1. The molecule has 1 aromatic carbocycles. The monoisotopic (exact) mass is 487 g/mol. The Hall–Kier alpha value is -3.45. The average Bonchev–Trinajstić information content (AvgIpc) is 3.32. The number of ether oxygens (including phenoxy) is 2. The summed E-state index contributed by atoms with van der Waals surface area (Å²) in [6.45, 7) is 3.35. The molecule has 4 N–H and O–H groups in total. The molecule has 4 rings (SSSR count). The van der Waals surface area contributed by atoms with Gasteiger partial charge in [0.15, 0.2) is 0 Å². The van der Waals surface area contributed by atoms with E-state index in [0.717, 1.165) is 12.8 Å². The van der Waals surface area contributed by atoms with Crippen molar-refractivity contribution in [1.82, 2.24) is 10.3 Å². The Bertz CT molecular complexity index is 1230. The van der Waals surface area contributed by atoms with Gasteiger partial charge in [0.25, 0.3) is 11.8 Å². The molecule has 2 aromatic rings. The lowest BCUT2D eigenvalue weighted by molar-refractivity contribution is -0.139. The number of fused-ring (bicyclic) bond motifs is 1. The highest BCUT2D eigenvalue weighted by Gasteiger charge is 2.48. The topological polar surface area (TPSA) is 124 Å². The second-order valence-corrected chi connectivity index (χ2v) is 9.28. The minimum atomic E-state index is -3.45. The van der Waals surface area contributed by atoms with Gasteiger partial charge in [-0.2, -0.15) is 8.78 Å². The molecule has 1 saturated carbocycles. The van der Waals surface area contributed by atoms with Gasteiger partial charge in [0.1, 0.15) is 18.0 Å². The van der Waals surface area contributed by atoms with E-state index in [4.69, 9.17) is 15.2 Å². The van der Waals surface area contributed by atoms with E-state index in [0.29, 0.717) is 29.2 Å². The summed E-state index contributed by atoms with van der Waals surface area (Å²) in [6, 6.07) is 2.19. The molecule has 1 atom stereocenters. The first kappa shape index (κ1) is 24.7. The van der Waals surface area contributed by atoms with Gasteiger partial charge >= 0.3 is 5.92 Å². The lowest BCUT2D eigenvalue weighted by atomic mass is 10.00. The third-order valence-corrected chi connectivity index (χ3v) is 6.03. The van der Waals surface area contributed by atoms with Crippen LogP contribution < -0.4 is 20.5 Å². The summed E-state index contributed by atoms with van der Waals surface area (Å²) in [5.74, 6) is 0.716. The van der Waals surface area contributed by atoms with Crippen LogP contribution in [0.3, 0.4) is 0 Å². The number of nitrogens with one attached hydrogen (secondary N) is 1. The van der Waals surface area contributed by atoms with Crippen LogP contribution in [0.2, 0.25) is 0 Å². The van der Waals surface area contributed by atoms with E-state index in [1.807, 2.05) is 0 Å². The average molecular weight is 488 g/mol. The van der Waals surface area contributed by atoms with Crippen molar-refractivity contribution in [3.05, 3.63) is 29.5 Å². The summed E-state index contributed by atoms with van der Waals surface area (Å²) in [5, 5.41) is 13.7. The Morgan fingerprint density at radius 3 is 2.63 bits per heavy atom. The van der Waals surface area contributed by atoms with Gasteiger partial charge in [0, 0.05) is 23.4 Å². The molecule has 1 saturated heterocycles. The van der Waals surface area contributed by atoms with Crippen LogP contribution in [0.15, 0.2) is 18.3 Å². The molecule has 0 bridgehead atoms. The molecule has 2 amide bonds. The number of nitrogens with two attached hydrogens (primary N) is 1. The van der Waals surface area contributed by atoms with Crippen LogP contribution in [0.25, 0.3) is 10.8 Å². The van der Waals surface area contributed by atoms with Crippen molar-refractivity contribution in [3.63, 3.8) is 0 Å². The SMILES string of the molecule is CC(C)Oc1cc2c(OCC3CC(F)(F)C(=O)N3)ncc(C#CC3(O)CCCC3)c2cc1C(N)=O. The molecule has 2 aliphatic rings. The zero-order valence-electron chi connectivity index (χ0n) is 19.5. The van der Waals surface area contributed by atoms with Gasteiger partial charge in [-0.15, -0.1) is 0 Å². The lowest BCUT2D eigenvalue weighted by Crippen LogP contribution is -2.33. The Morgan fingerprint density at radius 2 is 2.03 bits per heavy atom. The number of aliphatic hydroxyl groups is 1. The molecule has 10 heteroatoms. The summed E-state index contributed by atoms with van der Waals surface area (Å²) < 4.78 is 38.7. The molecule has 0 spiro atoms. The fraction of sp³-hybridized carbons (Fsp3) is 0.480. The van der Waals surface area contributed by atoms with Crippen LogP contribution in [-0.2, 0) is 4.79 Å². The Morgan fingerprint density at radius 1 is 1.31 bits per heavy atom. The van der Waals surface area contributed by atoms with Crippen molar-refractivity contribution >= 4 is 22.6 Å². The highest BCUT2D eigenvalue weighted by molar-refractivity contribution is 6.03. The highest BCUT2D eigenvalue weighted by Crippen LogP contribution is 2.35. The fourth-order valence-corrected chi connectivity index (χ4v) is 4.29. The van der Waals surface area contributed by atoms with Gasteiger partial charge in [0.05, 0.1) is 23.3 Å². The van der Waals surface area contributed by atoms with Crippen LogP contribution >= 0.6 is 0 Å². The van der Waals surface area contributed by atoms with Gasteiger partial charge in [-0.05, 0) is 51.7 Å². The number of alkyl halides is 2. The number of hydrogen-bond donors (Lipinski definition) is 3. The van der Waals surface area contributed by atoms with Gasteiger partial charge < -0.3 is 25.6 Å². The number of amides is 2. The van der Waals surface area contributed by atoms with Crippen LogP contribution in [0.4, 0.5) is 8.78 Å². The van der Waals surface area contributed by atoms with E-state index in [1.54, 1.807) is 19.9 Å². The molecule has 186 valence electrons. The highest BCUT2D eigenvalue weighted by atomic mass is 19.3. The van der Waals surface area contributed by atoms with Crippen LogP contribution in [0.5, 0.6) is 11.6 Å². The lowest BCUT2D eigenvalue weighted by Gasteiger charge is -2.17. The molecular weight excluding hydrogens is 460 g/mol. The third-order valence-electron chi connectivity index (χ3n) is 6.03. The van der Waals surface area contributed by atoms with E-state index in [-0.39, 0.29) is 29.9 Å². The molecule has 1 aromatic heterocycles. The van der Waals surface area contributed by atoms with Crippen molar-refractivity contribution in [2.75, 3.05) is 6.61 Å². The molecule has 2 fully saturated rings. The zero-order chi connectivity index (χ0) is 25.4. The number of primary amides is 1. The number of hydrogen-bond acceptors (Lipinski definition) is 6. The smallest absolute Gasteiger partial charge is 0.326 e. The summed E-state index contributed by atoms with van der Waals surface area (Å²) in [4.78, 5) is 27.9. The number of carbonyl (C=O) groups excluding carboxylic acids is 2. The number of pyridine rings is 1. The summed E-state index contributed by atoms with van der Waals surface area (Å²) >= 11 is 0. The van der Waals surface area contributed by atoms with E-state index in [2.05, 4.69) is 22.1 Å². The quantitative estimate of drug-likeness (QED) is 0.539. The van der Waals surface area contributed by atoms with E-state index < -0.39 is 35.8 Å². The first-order valence-corrected chi connectivity index (χ1v) is 11.5. The maximum atomic E-state index is 13.6. The second-order valence-electron chi connectivity index (χ2n) is 9.28. The number of nitrogens with zero attached hydrogens (tertiary/aromatic N) is 1. The minimum absolute atomic E-state index is 0.0965. The second kappa shape index (κ2) is 9.30. The maximum absolute atomic E-state index is 13.6. The van der Waals surface area contributed by atoms with Crippen LogP contribution in [0, 0.1) is 11.8 Å². The Balaban J connectivity index is 1.76. The van der Waals surface area contributed by atoms with Gasteiger partial charge in [-0.3, -0.25) is 9.59 Å². The van der Waals surface area contributed by atoms with Crippen molar-refractivity contribution in [3.8, 4) is 23.5 Å². The predicted octanol–water partition coefficient (Wildman–Crippen LogP) is 2.68. The molecule has 1 aliphatic heterocycles. The molecule has 8 nitrogen and oxygen atoms in total. The van der Waals surface area contributed by atoms with Gasteiger partial charge in [-0.25, -0.2) is 4.98 Å². The van der Waals surface area contributed by atoms with Gasteiger partial charge in [-0.1, -0.05) is 11.8 Å². The summed E-state index contributed by atoms with van der Waals surface area (Å²) in [5.41, 5.74) is 5.08. The van der Waals surface area contributed by atoms with Gasteiger partial charge in [0.2, 0.25) is 5.88 Å². The van der Waals surface area contributed by atoms with E-state index >= 15 is 0 Å². The first-order valence-electron chi connectivity index (χ1n) is 11.5. The number of aromatic nitrogens is 1. The van der Waals surface area contributed by atoms with Crippen LogP contribution in [0.1, 0.15) is 61.9 Å². The predicted molar refractivity (Wildman–Crippen MR) is 123 cm³/mol. The number of rotatable bonds is 6. The molecule has 35 heavy (non-hydrogen) atoms. The molecule has 1 unspecified atom stereocenters. The minimum Gasteiger partial charge on any atom is -0.490 e. The zero-order valence-corrected chi connectivity index (χ0v) is 19.5. The van der Waals surface area contributed by atoms with Crippen molar-refractivity contribution in [2.24, 2.45) is 5.73 Å². The molecule has 1 aliphatic carbocycles. The summed E-state index contributed by atoms with van der Waals surface area (Å²) in [7, 11) is 0. The van der Waals surface area contributed by atoms with Crippen molar-refractivity contribution in [1.29, 1.82) is 0 Å².